The molecule has 4 N–H and O–H groups in total. The maximum absolute atomic E-state index is 12.7. The van der Waals surface area contributed by atoms with Crippen molar-refractivity contribution in [3.8, 4) is 11.1 Å². The van der Waals surface area contributed by atoms with Gasteiger partial charge >= 0.3 is 0 Å². The fourth-order valence-electron chi connectivity index (χ4n) is 3.23. The van der Waals surface area contributed by atoms with Gasteiger partial charge in [0, 0.05) is 49.3 Å². The van der Waals surface area contributed by atoms with Gasteiger partial charge in [-0.3, -0.25) is 4.79 Å². The van der Waals surface area contributed by atoms with E-state index in [9.17, 15) is 9.90 Å². The van der Waals surface area contributed by atoms with Gasteiger partial charge in [0.05, 0.1) is 0 Å². The molecule has 0 spiro atoms. The average molecular weight is 414 g/mol. The van der Waals surface area contributed by atoms with E-state index in [0.717, 1.165) is 21.9 Å². The number of pyridine rings is 1. The van der Waals surface area contributed by atoms with Crippen molar-refractivity contribution in [2.45, 2.75) is 6.10 Å². The molecule has 1 amide bonds. The first-order valence-electron chi connectivity index (χ1n) is 9.65. The van der Waals surface area contributed by atoms with Crippen LogP contribution in [0.3, 0.4) is 0 Å². The van der Waals surface area contributed by atoms with Crippen molar-refractivity contribution in [2.75, 3.05) is 30.0 Å². The largest absolute Gasteiger partial charge is 0.383 e. The van der Waals surface area contributed by atoms with Crippen LogP contribution in [0.1, 0.15) is 11.7 Å². The Bertz CT molecular complexity index is 1240. The highest BCUT2D eigenvalue weighted by atomic mass is 16.3. The average Bonchev–Trinajstić information content (AvgIpc) is 2.79. The van der Waals surface area contributed by atoms with Crippen molar-refractivity contribution in [1.82, 2.24) is 15.0 Å². The van der Waals surface area contributed by atoms with Gasteiger partial charge in [0.2, 0.25) is 5.95 Å². The van der Waals surface area contributed by atoms with Crippen LogP contribution in [-0.2, 0) is 4.79 Å². The van der Waals surface area contributed by atoms with Crippen LogP contribution < -0.4 is 16.0 Å². The number of benzene rings is 2. The number of nitrogens with one attached hydrogen (secondary N) is 1. The van der Waals surface area contributed by atoms with Crippen LogP contribution in [0.15, 0.2) is 67.1 Å². The summed E-state index contributed by atoms with van der Waals surface area (Å²) in [5.74, 6) is 0.500. The molecule has 0 bridgehead atoms. The molecule has 31 heavy (non-hydrogen) atoms. The number of nitrogen functional groups attached to an aromatic ring is 1. The normalized spacial score (nSPS) is 11.8. The summed E-state index contributed by atoms with van der Waals surface area (Å²) < 4.78 is 0. The van der Waals surface area contributed by atoms with Gasteiger partial charge in [-0.25, -0.2) is 15.0 Å². The van der Waals surface area contributed by atoms with Gasteiger partial charge in [0.15, 0.2) is 6.10 Å². The maximum Gasteiger partial charge on any atom is 0.257 e. The third-order valence-corrected chi connectivity index (χ3v) is 4.89. The predicted octanol–water partition coefficient (Wildman–Crippen LogP) is 3.01. The molecular formula is C23H22N6O2. The Labute approximate surface area is 179 Å². The number of anilines is 3. The molecule has 4 aromatic rings. The van der Waals surface area contributed by atoms with Gasteiger partial charge in [-0.15, -0.1) is 0 Å². The van der Waals surface area contributed by atoms with Crippen molar-refractivity contribution < 1.29 is 9.90 Å². The minimum absolute atomic E-state index is 0.426. The summed E-state index contributed by atoms with van der Waals surface area (Å²) in [6.07, 6.45) is 3.70. The Balaban J connectivity index is 1.53. The summed E-state index contributed by atoms with van der Waals surface area (Å²) in [4.78, 5) is 27.1. The molecule has 4 rings (SSSR count). The molecule has 2 aromatic carbocycles. The van der Waals surface area contributed by atoms with Crippen LogP contribution in [0.25, 0.3) is 21.9 Å². The number of fused-ring (bicyclic) bond motifs is 1. The van der Waals surface area contributed by atoms with E-state index >= 15 is 0 Å². The molecule has 0 radical (unpaired) electrons. The van der Waals surface area contributed by atoms with E-state index in [2.05, 4.69) is 20.3 Å². The zero-order valence-corrected chi connectivity index (χ0v) is 17.1. The summed E-state index contributed by atoms with van der Waals surface area (Å²) in [7, 11) is 3.73. The lowest BCUT2D eigenvalue weighted by Gasteiger charge is -2.14. The summed E-state index contributed by atoms with van der Waals surface area (Å²) in [5, 5.41) is 15.0. The second-order valence-electron chi connectivity index (χ2n) is 7.32. The van der Waals surface area contributed by atoms with Crippen LogP contribution in [0.2, 0.25) is 0 Å². The number of hydrogen-bond acceptors (Lipinski definition) is 7. The Morgan fingerprint density at radius 1 is 1.03 bits per heavy atom. The summed E-state index contributed by atoms with van der Waals surface area (Å²) in [5.41, 5.74) is 8.50. The number of nitrogens with zero attached hydrogens (tertiary/aromatic N) is 4. The lowest BCUT2D eigenvalue weighted by Crippen LogP contribution is -2.20. The quantitative estimate of drug-likeness (QED) is 0.459. The number of nitrogens with two attached hydrogens (primary N) is 1. The highest BCUT2D eigenvalue weighted by Gasteiger charge is 2.18. The van der Waals surface area contributed by atoms with E-state index in [1.807, 2.05) is 31.1 Å². The van der Waals surface area contributed by atoms with Gasteiger partial charge in [0.25, 0.3) is 5.91 Å². The highest BCUT2D eigenvalue weighted by molar-refractivity contribution is 5.99. The number of aromatic nitrogens is 3. The van der Waals surface area contributed by atoms with Gasteiger partial charge in [0.1, 0.15) is 5.82 Å². The Morgan fingerprint density at radius 2 is 1.81 bits per heavy atom. The van der Waals surface area contributed by atoms with Crippen LogP contribution in [0, 0.1) is 0 Å². The lowest BCUT2D eigenvalue weighted by atomic mass is 10.0. The molecule has 0 saturated carbocycles. The lowest BCUT2D eigenvalue weighted by molar-refractivity contribution is -0.124. The second-order valence-corrected chi connectivity index (χ2v) is 7.32. The first kappa shape index (κ1) is 20.2. The smallest absolute Gasteiger partial charge is 0.257 e. The van der Waals surface area contributed by atoms with Crippen molar-refractivity contribution in [3.05, 3.63) is 72.7 Å². The molecule has 8 heteroatoms. The van der Waals surface area contributed by atoms with Crippen molar-refractivity contribution in [1.29, 1.82) is 0 Å². The third kappa shape index (κ3) is 4.29. The van der Waals surface area contributed by atoms with Crippen LogP contribution in [0.5, 0.6) is 0 Å². The third-order valence-electron chi connectivity index (χ3n) is 4.89. The van der Waals surface area contributed by atoms with E-state index in [1.54, 1.807) is 55.0 Å². The number of aliphatic hydroxyl groups is 1. The Kier molecular flexibility index (Phi) is 5.46. The van der Waals surface area contributed by atoms with E-state index < -0.39 is 12.0 Å². The fraction of sp³-hybridized carbons (Fsp3) is 0.130. The SMILES string of the molecule is CN(C)c1ncc(-c2cccc(C(O)C(=O)Nc3ccc4c(N)nccc4c3)c2)cn1. The summed E-state index contributed by atoms with van der Waals surface area (Å²) in [6.45, 7) is 0. The maximum atomic E-state index is 12.7. The molecule has 8 nitrogen and oxygen atoms in total. The number of rotatable bonds is 5. The number of amides is 1. The molecular weight excluding hydrogens is 392 g/mol. The molecule has 1 atom stereocenters. The van der Waals surface area contributed by atoms with E-state index in [-0.39, 0.29) is 0 Å². The molecule has 0 fully saturated rings. The molecule has 0 aliphatic heterocycles. The van der Waals surface area contributed by atoms with Gasteiger partial charge in [-0.1, -0.05) is 18.2 Å². The monoisotopic (exact) mass is 414 g/mol. The number of hydrogen-bond donors (Lipinski definition) is 3. The summed E-state index contributed by atoms with van der Waals surface area (Å²) >= 11 is 0. The van der Waals surface area contributed by atoms with Crippen molar-refractivity contribution in [3.63, 3.8) is 0 Å². The first-order valence-corrected chi connectivity index (χ1v) is 9.65. The Hall–Kier alpha value is -4.04. The van der Waals surface area contributed by atoms with Crippen LogP contribution >= 0.6 is 0 Å². The fourth-order valence-corrected chi connectivity index (χ4v) is 3.23. The molecule has 2 aromatic heterocycles. The molecule has 156 valence electrons. The van der Waals surface area contributed by atoms with Crippen LogP contribution in [-0.4, -0.2) is 40.1 Å². The first-order chi connectivity index (χ1) is 14.9. The zero-order valence-electron chi connectivity index (χ0n) is 17.1. The predicted molar refractivity (Wildman–Crippen MR) is 122 cm³/mol. The number of carbonyl (C=O) groups excluding carboxylic acids is 1. The molecule has 0 aliphatic carbocycles. The number of carbonyl (C=O) groups is 1. The second kappa shape index (κ2) is 8.37. The molecule has 2 heterocycles. The van der Waals surface area contributed by atoms with Gasteiger partial charge < -0.3 is 21.1 Å². The topological polar surface area (TPSA) is 117 Å². The van der Waals surface area contributed by atoms with E-state index in [0.29, 0.717) is 23.0 Å². The summed E-state index contributed by atoms with van der Waals surface area (Å²) in [6, 6.07) is 14.2. The number of aliphatic hydroxyl groups excluding tert-OH is 1. The highest BCUT2D eigenvalue weighted by Crippen LogP contribution is 2.26. The van der Waals surface area contributed by atoms with Crippen molar-refractivity contribution >= 4 is 34.1 Å². The zero-order chi connectivity index (χ0) is 22.0. The Morgan fingerprint density at radius 3 is 2.55 bits per heavy atom. The molecule has 1 unspecified atom stereocenters. The van der Waals surface area contributed by atoms with Gasteiger partial charge in [-0.2, -0.15) is 0 Å². The standard InChI is InChI=1S/C23H22N6O2/c1-29(2)23-26-12-17(13-27-23)14-4-3-5-16(10-14)20(30)22(31)28-18-6-7-19-15(11-18)8-9-25-21(19)24/h3-13,20,30H,1-2H3,(H2,24,25)(H,28,31). The van der Waals surface area contributed by atoms with E-state index in [4.69, 9.17) is 5.73 Å². The van der Waals surface area contributed by atoms with Crippen LogP contribution in [0.4, 0.5) is 17.5 Å². The van der Waals surface area contributed by atoms with Gasteiger partial charge in [-0.05, 0) is 46.8 Å². The minimum atomic E-state index is -1.33. The molecule has 0 aliphatic rings. The van der Waals surface area contributed by atoms with E-state index in [1.165, 1.54) is 0 Å². The van der Waals surface area contributed by atoms with Crippen molar-refractivity contribution in [2.24, 2.45) is 0 Å². The minimum Gasteiger partial charge on any atom is -0.383 e. The molecule has 0 saturated heterocycles.